The number of benzene rings is 3. The van der Waals surface area contributed by atoms with Gasteiger partial charge in [0.25, 0.3) is 5.91 Å². The summed E-state index contributed by atoms with van der Waals surface area (Å²) in [6.07, 6.45) is 0. The van der Waals surface area contributed by atoms with Gasteiger partial charge in [-0.15, -0.1) is 0 Å². The lowest BCUT2D eigenvalue weighted by Gasteiger charge is -2.07. The van der Waals surface area contributed by atoms with Crippen molar-refractivity contribution < 1.29 is 18.4 Å². The summed E-state index contributed by atoms with van der Waals surface area (Å²) in [7, 11) is 0. The smallest absolute Gasteiger partial charge is 0.275 e. The van der Waals surface area contributed by atoms with Crippen LogP contribution in [-0.4, -0.2) is 5.91 Å². The molecule has 5 heteroatoms. The van der Waals surface area contributed by atoms with Gasteiger partial charge in [0.05, 0.1) is 12.2 Å². The van der Waals surface area contributed by atoms with E-state index in [2.05, 4.69) is 5.48 Å². The molecule has 1 aromatic heterocycles. The second kappa shape index (κ2) is 6.37. The van der Waals surface area contributed by atoms with E-state index in [9.17, 15) is 9.18 Å². The van der Waals surface area contributed by atoms with Crippen molar-refractivity contribution in [3.8, 4) is 0 Å². The predicted molar refractivity (Wildman–Crippen MR) is 92.4 cm³/mol. The third-order valence-electron chi connectivity index (χ3n) is 3.96. The number of carbonyl (C=O) groups is 1. The lowest BCUT2D eigenvalue weighted by Crippen LogP contribution is -2.23. The van der Waals surface area contributed by atoms with Crippen LogP contribution < -0.4 is 5.48 Å². The third kappa shape index (κ3) is 2.97. The molecule has 0 saturated carbocycles. The molecule has 25 heavy (non-hydrogen) atoms. The fraction of sp³-hybridized carbons (Fsp3) is 0.0500. The average Bonchev–Trinajstić information content (AvgIpc) is 3.02. The molecule has 0 unspecified atom stereocenters. The first-order chi connectivity index (χ1) is 12.2. The van der Waals surface area contributed by atoms with Crippen LogP contribution in [-0.2, 0) is 11.4 Å². The molecule has 4 aromatic rings. The number of nitrogens with one attached hydrogen (secondary N) is 1. The molecule has 1 N–H and O–H groups in total. The van der Waals surface area contributed by atoms with Gasteiger partial charge in [0.2, 0.25) is 0 Å². The maximum Gasteiger partial charge on any atom is 0.275 e. The zero-order chi connectivity index (χ0) is 17.2. The summed E-state index contributed by atoms with van der Waals surface area (Å²) in [5.74, 6) is -0.675. The molecule has 0 spiro atoms. The molecule has 1 heterocycles. The normalized spacial score (nSPS) is 11.1. The molecule has 4 rings (SSSR count). The van der Waals surface area contributed by atoms with Crippen LogP contribution in [0, 0.1) is 5.82 Å². The third-order valence-corrected chi connectivity index (χ3v) is 3.96. The van der Waals surface area contributed by atoms with Gasteiger partial charge in [0.15, 0.2) is 0 Å². The van der Waals surface area contributed by atoms with E-state index in [0.717, 1.165) is 21.9 Å². The summed E-state index contributed by atoms with van der Waals surface area (Å²) < 4.78 is 18.7. The number of rotatable bonds is 4. The molecule has 0 aliphatic heterocycles. The lowest BCUT2D eigenvalue weighted by atomic mass is 10.1. The standard InChI is InChI=1S/C20H14FNO3/c21-14-10-8-13(9-11-14)12-24-22-20(23)16-5-3-7-18-19(16)15-4-1-2-6-17(15)25-18/h1-11H,12H2,(H,22,23). The van der Waals surface area contributed by atoms with Gasteiger partial charge in [-0.3, -0.25) is 9.63 Å². The predicted octanol–water partition coefficient (Wildman–Crippen LogP) is 4.59. The van der Waals surface area contributed by atoms with Gasteiger partial charge in [0.1, 0.15) is 17.0 Å². The fourth-order valence-corrected chi connectivity index (χ4v) is 2.78. The number of furan rings is 1. The van der Waals surface area contributed by atoms with Crippen molar-refractivity contribution >= 4 is 27.8 Å². The monoisotopic (exact) mass is 335 g/mol. The Morgan fingerprint density at radius 3 is 2.56 bits per heavy atom. The minimum absolute atomic E-state index is 0.147. The lowest BCUT2D eigenvalue weighted by molar-refractivity contribution is 0.0235. The Labute approximate surface area is 142 Å². The summed E-state index contributed by atoms with van der Waals surface area (Å²) >= 11 is 0. The molecule has 0 aliphatic carbocycles. The SMILES string of the molecule is O=C(NOCc1ccc(F)cc1)c1cccc2oc3ccccc3c12. The maximum atomic E-state index is 12.9. The Balaban J connectivity index is 1.56. The van der Waals surface area contributed by atoms with E-state index in [-0.39, 0.29) is 18.3 Å². The highest BCUT2D eigenvalue weighted by Crippen LogP contribution is 2.31. The van der Waals surface area contributed by atoms with Crippen LogP contribution in [0.15, 0.2) is 71.1 Å². The zero-order valence-electron chi connectivity index (χ0n) is 13.2. The quantitative estimate of drug-likeness (QED) is 0.555. The second-order valence-electron chi connectivity index (χ2n) is 5.62. The van der Waals surface area contributed by atoms with E-state index in [0.29, 0.717) is 11.1 Å². The first-order valence-electron chi connectivity index (χ1n) is 7.79. The Morgan fingerprint density at radius 2 is 1.72 bits per heavy atom. The molecule has 0 aliphatic rings. The van der Waals surface area contributed by atoms with Crippen molar-refractivity contribution in [2.75, 3.05) is 0 Å². The molecule has 124 valence electrons. The second-order valence-corrected chi connectivity index (χ2v) is 5.62. The largest absolute Gasteiger partial charge is 0.456 e. The van der Waals surface area contributed by atoms with Crippen molar-refractivity contribution in [3.05, 3.63) is 83.7 Å². The van der Waals surface area contributed by atoms with E-state index >= 15 is 0 Å². The van der Waals surface area contributed by atoms with Crippen molar-refractivity contribution in [2.45, 2.75) is 6.61 Å². The first-order valence-corrected chi connectivity index (χ1v) is 7.79. The molecule has 0 bridgehead atoms. The summed E-state index contributed by atoms with van der Waals surface area (Å²) in [6, 6.07) is 18.8. The number of carbonyl (C=O) groups excluding carboxylic acids is 1. The van der Waals surface area contributed by atoms with Gasteiger partial charge in [-0.25, -0.2) is 9.87 Å². The number of hydroxylamine groups is 1. The average molecular weight is 335 g/mol. The highest BCUT2D eigenvalue weighted by atomic mass is 19.1. The number of para-hydroxylation sites is 1. The van der Waals surface area contributed by atoms with E-state index in [1.165, 1.54) is 12.1 Å². The van der Waals surface area contributed by atoms with Gasteiger partial charge in [-0.2, -0.15) is 0 Å². The number of halogens is 1. The molecular weight excluding hydrogens is 321 g/mol. The molecule has 0 radical (unpaired) electrons. The first kappa shape index (κ1) is 15.4. The number of fused-ring (bicyclic) bond motifs is 3. The van der Waals surface area contributed by atoms with Crippen LogP contribution in [0.5, 0.6) is 0 Å². The topological polar surface area (TPSA) is 51.5 Å². The zero-order valence-corrected chi connectivity index (χ0v) is 13.2. The molecule has 0 saturated heterocycles. The van der Waals surface area contributed by atoms with Gasteiger partial charge < -0.3 is 4.42 Å². The summed E-state index contributed by atoms with van der Waals surface area (Å²) in [5.41, 5.74) is 5.04. The highest BCUT2D eigenvalue weighted by Gasteiger charge is 2.15. The molecule has 0 fully saturated rings. The Morgan fingerprint density at radius 1 is 0.960 bits per heavy atom. The van der Waals surface area contributed by atoms with Crippen molar-refractivity contribution in [1.82, 2.24) is 5.48 Å². The van der Waals surface area contributed by atoms with Crippen LogP contribution in [0.1, 0.15) is 15.9 Å². The van der Waals surface area contributed by atoms with Crippen molar-refractivity contribution in [1.29, 1.82) is 0 Å². The molecular formula is C20H14FNO3. The number of hydrogen-bond donors (Lipinski definition) is 1. The van der Waals surface area contributed by atoms with Crippen LogP contribution >= 0.6 is 0 Å². The van der Waals surface area contributed by atoms with Gasteiger partial charge in [-0.05, 0) is 35.9 Å². The Kier molecular flexibility index (Phi) is 3.91. The fourth-order valence-electron chi connectivity index (χ4n) is 2.78. The summed E-state index contributed by atoms with van der Waals surface area (Å²) in [4.78, 5) is 17.8. The van der Waals surface area contributed by atoms with Crippen LogP contribution in [0.3, 0.4) is 0 Å². The summed E-state index contributed by atoms with van der Waals surface area (Å²) in [5, 5.41) is 1.63. The Bertz CT molecular complexity index is 1050. The molecule has 4 nitrogen and oxygen atoms in total. The van der Waals surface area contributed by atoms with E-state index in [4.69, 9.17) is 9.25 Å². The van der Waals surface area contributed by atoms with E-state index < -0.39 is 0 Å². The van der Waals surface area contributed by atoms with Crippen molar-refractivity contribution in [3.63, 3.8) is 0 Å². The van der Waals surface area contributed by atoms with Crippen molar-refractivity contribution in [2.24, 2.45) is 0 Å². The highest BCUT2D eigenvalue weighted by molar-refractivity contribution is 6.16. The van der Waals surface area contributed by atoms with Gasteiger partial charge in [-0.1, -0.05) is 36.4 Å². The summed E-state index contributed by atoms with van der Waals surface area (Å²) in [6.45, 7) is 0.147. The van der Waals surface area contributed by atoms with Crippen LogP contribution in [0.2, 0.25) is 0 Å². The van der Waals surface area contributed by atoms with Gasteiger partial charge in [0, 0.05) is 10.8 Å². The Hall–Kier alpha value is -3.18. The molecule has 0 atom stereocenters. The van der Waals surface area contributed by atoms with Crippen LogP contribution in [0.25, 0.3) is 21.9 Å². The van der Waals surface area contributed by atoms with E-state index in [1.807, 2.05) is 30.3 Å². The minimum Gasteiger partial charge on any atom is -0.456 e. The minimum atomic E-state index is -0.362. The maximum absolute atomic E-state index is 12.9. The molecule has 1 amide bonds. The van der Waals surface area contributed by atoms with E-state index in [1.54, 1.807) is 24.3 Å². The molecule has 3 aromatic carbocycles. The van der Waals surface area contributed by atoms with Crippen LogP contribution in [0.4, 0.5) is 4.39 Å². The van der Waals surface area contributed by atoms with Gasteiger partial charge >= 0.3 is 0 Å². The number of amides is 1. The number of hydrogen-bond acceptors (Lipinski definition) is 3.